The number of carbonyl (C=O) groups is 5. The summed E-state index contributed by atoms with van der Waals surface area (Å²) in [6.45, 7) is 3.27. The second-order valence-electron chi connectivity index (χ2n) is 8.72. The van der Waals surface area contributed by atoms with Crippen LogP contribution in [-0.4, -0.2) is 91.9 Å². The molecule has 1 saturated heterocycles. The summed E-state index contributed by atoms with van der Waals surface area (Å²) in [5, 5.41) is 5.48. The van der Waals surface area contributed by atoms with Crippen LogP contribution in [0.3, 0.4) is 0 Å². The highest BCUT2D eigenvalue weighted by Gasteiger charge is 2.23. The highest BCUT2D eigenvalue weighted by atomic mass is 16.5. The van der Waals surface area contributed by atoms with Crippen LogP contribution in [0.2, 0.25) is 0 Å². The molecule has 200 valence electrons. The van der Waals surface area contributed by atoms with Crippen LogP contribution >= 0.6 is 0 Å². The lowest BCUT2D eigenvalue weighted by Crippen LogP contribution is -2.42. The molecule has 1 fully saturated rings. The Hall–Kier alpha value is -3.57. The number of nitrogens with one attached hydrogen (secondary N) is 2. The van der Waals surface area contributed by atoms with Crippen LogP contribution in [0, 0.1) is 0 Å². The normalized spacial score (nSPS) is 14.6. The van der Waals surface area contributed by atoms with Gasteiger partial charge in [0.2, 0.25) is 17.7 Å². The number of aryl methyl sites for hydroxylation is 1. The number of nitrogens with zero attached hydrogens (tertiary/aromatic N) is 2. The predicted molar refractivity (Wildman–Crippen MR) is 134 cm³/mol. The molecule has 0 saturated carbocycles. The second kappa shape index (κ2) is 14.9. The molecule has 37 heavy (non-hydrogen) atoms. The summed E-state index contributed by atoms with van der Waals surface area (Å²) in [5.41, 5.74) is 1.76. The van der Waals surface area contributed by atoms with E-state index in [1.54, 1.807) is 0 Å². The molecule has 1 aromatic rings. The maximum atomic E-state index is 12.1. The van der Waals surface area contributed by atoms with Crippen molar-refractivity contribution in [3.05, 3.63) is 42.0 Å². The molecular weight excluding hydrogens is 480 g/mol. The van der Waals surface area contributed by atoms with Gasteiger partial charge in [-0.1, -0.05) is 12.1 Å². The highest BCUT2D eigenvalue weighted by molar-refractivity contribution is 6.13. The van der Waals surface area contributed by atoms with Crippen molar-refractivity contribution in [1.29, 1.82) is 0 Å². The molecule has 1 aromatic carbocycles. The standard InChI is InChI=1S/C26H34N4O7/c31-22(10-15-30-25(34)8-9-26(30)35)27-12-17-37-19-18-36-16-11-23(32)28-21-5-2-20(3-6-21)4-7-24(33)29-13-1-14-29/h2-3,5-6,8-9H,1,4,7,10-19H2,(H,27,31)(H,28,32). The van der Waals surface area contributed by atoms with Gasteiger partial charge >= 0.3 is 0 Å². The van der Waals surface area contributed by atoms with Gasteiger partial charge in [-0.25, -0.2) is 0 Å². The van der Waals surface area contributed by atoms with Gasteiger partial charge in [0.15, 0.2) is 0 Å². The number of carbonyl (C=O) groups excluding carboxylic acids is 5. The number of hydrogen-bond acceptors (Lipinski definition) is 7. The molecule has 2 aliphatic rings. The summed E-state index contributed by atoms with van der Waals surface area (Å²) in [6.07, 6.45) is 4.90. The zero-order chi connectivity index (χ0) is 26.5. The lowest BCUT2D eigenvalue weighted by molar-refractivity contribution is -0.137. The minimum atomic E-state index is -0.407. The molecule has 3 rings (SSSR count). The topological polar surface area (TPSA) is 134 Å². The zero-order valence-electron chi connectivity index (χ0n) is 20.9. The van der Waals surface area contributed by atoms with Gasteiger partial charge in [0.25, 0.3) is 11.8 Å². The van der Waals surface area contributed by atoms with Crippen LogP contribution in [0.4, 0.5) is 5.69 Å². The largest absolute Gasteiger partial charge is 0.379 e. The Labute approximate surface area is 216 Å². The monoisotopic (exact) mass is 514 g/mol. The lowest BCUT2D eigenvalue weighted by Gasteiger charge is -2.30. The fraction of sp³-hybridized carbons (Fsp3) is 0.500. The van der Waals surface area contributed by atoms with Crippen LogP contribution in [0.25, 0.3) is 0 Å². The first-order chi connectivity index (χ1) is 17.9. The van der Waals surface area contributed by atoms with Crippen molar-refractivity contribution >= 4 is 35.2 Å². The van der Waals surface area contributed by atoms with Crippen molar-refractivity contribution < 1.29 is 33.4 Å². The van der Waals surface area contributed by atoms with Gasteiger partial charge < -0.3 is 25.0 Å². The Kier molecular flexibility index (Phi) is 11.2. The van der Waals surface area contributed by atoms with E-state index in [-0.39, 0.29) is 43.7 Å². The number of anilines is 1. The van der Waals surface area contributed by atoms with Gasteiger partial charge in [0.05, 0.1) is 32.8 Å². The summed E-state index contributed by atoms with van der Waals surface area (Å²) in [6, 6.07) is 7.50. The summed E-state index contributed by atoms with van der Waals surface area (Å²) in [4.78, 5) is 61.5. The molecule has 0 atom stereocenters. The minimum absolute atomic E-state index is 0.0361. The average molecular weight is 515 g/mol. The van der Waals surface area contributed by atoms with Gasteiger partial charge in [0, 0.05) is 56.9 Å². The molecule has 0 aromatic heterocycles. The number of rotatable bonds is 16. The number of amides is 5. The minimum Gasteiger partial charge on any atom is -0.379 e. The number of likely N-dealkylation sites (tertiary alicyclic amines) is 1. The second-order valence-corrected chi connectivity index (χ2v) is 8.72. The van der Waals surface area contributed by atoms with E-state index in [2.05, 4.69) is 10.6 Å². The molecule has 2 N–H and O–H groups in total. The third-order valence-corrected chi connectivity index (χ3v) is 5.95. The predicted octanol–water partition coefficient (Wildman–Crippen LogP) is 0.645. The van der Waals surface area contributed by atoms with Crippen LogP contribution in [0.5, 0.6) is 0 Å². The van der Waals surface area contributed by atoms with E-state index in [1.807, 2.05) is 29.2 Å². The molecule has 0 bridgehead atoms. The van der Waals surface area contributed by atoms with E-state index in [4.69, 9.17) is 9.47 Å². The Morgan fingerprint density at radius 1 is 0.811 bits per heavy atom. The Balaban J connectivity index is 1.14. The third kappa shape index (κ3) is 9.77. The van der Waals surface area contributed by atoms with Gasteiger partial charge in [-0.05, 0) is 30.5 Å². The molecule has 0 radical (unpaired) electrons. The molecule has 0 aliphatic carbocycles. The van der Waals surface area contributed by atoms with Crippen molar-refractivity contribution in [3.8, 4) is 0 Å². The molecule has 0 unspecified atom stereocenters. The molecule has 2 aliphatic heterocycles. The van der Waals surface area contributed by atoms with Gasteiger partial charge in [0.1, 0.15) is 0 Å². The van der Waals surface area contributed by atoms with Gasteiger partial charge in [-0.3, -0.25) is 28.9 Å². The van der Waals surface area contributed by atoms with E-state index >= 15 is 0 Å². The quantitative estimate of drug-likeness (QED) is 0.244. The van der Waals surface area contributed by atoms with Crippen LogP contribution in [0.15, 0.2) is 36.4 Å². The maximum Gasteiger partial charge on any atom is 0.253 e. The summed E-state index contributed by atoms with van der Waals surface area (Å²) < 4.78 is 10.8. The average Bonchev–Trinajstić information content (AvgIpc) is 3.17. The fourth-order valence-electron chi connectivity index (χ4n) is 3.66. The number of benzene rings is 1. The zero-order valence-corrected chi connectivity index (χ0v) is 20.9. The fourth-order valence-corrected chi connectivity index (χ4v) is 3.66. The van der Waals surface area contributed by atoms with Crippen LogP contribution < -0.4 is 10.6 Å². The summed E-state index contributed by atoms with van der Waals surface area (Å²) >= 11 is 0. The van der Waals surface area contributed by atoms with Gasteiger partial charge in [-0.15, -0.1) is 0 Å². The van der Waals surface area contributed by atoms with Crippen LogP contribution in [-0.2, 0) is 39.9 Å². The van der Waals surface area contributed by atoms with E-state index in [0.717, 1.165) is 30.0 Å². The molecule has 5 amide bonds. The molecule has 11 nitrogen and oxygen atoms in total. The van der Waals surface area contributed by atoms with Crippen molar-refractivity contribution in [3.63, 3.8) is 0 Å². The van der Waals surface area contributed by atoms with E-state index < -0.39 is 11.8 Å². The molecular formula is C26H34N4O7. The summed E-state index contributed by atoms with van der Waals surface area (Å²) in [5.74, 6) is -1.05. The first kappa shape index (κ1) is 28.0. The Morgan fingerprint density at radius 2 is 1.49 bits per heavy atom. The first-order valence-corrected chi connectivity index (χ1v) is 12.5. The van der Waals surface area contributed by atoms with Crippen molar-refractivity contribution in [2.75, 3.05) is 57.9 Å². The molecule has 11 heteroatoms. The Bertz CT molecular complexity index is 971. The SMILES string of the molecule is O=C(CCN1C(=O)C=CC1=O)NCCOCCOCCC(=O)Nc1ccc(CCC(=O)N2CCC2)cc1. The first-order valence-electron chi connectivity index (χ1n) is 12.5. The van der Waals surface area contributed by atoms with Gasteiger partial charge in [-0.2, -0.15) is 0 Å². The highest BCUT2D eigenvalue weighted by Crippen LogP contribution is 2.14. The van der Waals surface area contributed by atoms with Crippen molar-refractivity contribution in [2.24, 2.45) is 0 Å². The smallest absolute Gasteiger partial charge is 0.253 e. The number of imide groups is 1. The van der Waals surface area contributed by atoms with Crippen LogP contribution in [0.1, 0.15) is 31.2 Å². The number of ether oxygens (including phenoxy) is 2. The molecule has 2 heterocycles. The van der Waals surface area contributed by atoms with Crippen molar-refractivity contribution in [1.82, 2.24) is 15.1 Å². The lowest BCUT2D eigenvalue weighted by atomic mass is 10.1. The van der Waals surface area contributed by atoms with E-state index in [9.17, 15) is 24.0 Å². The van der Waals surface area contributed by atoms with E-state index in [1.165, 1.54) is 12.2 Å². The van der Waals surface area contributed by atoms with E-state index in [0.29, 0.717) is 44.9 Å². The van der Waals surface area contributed by atoms with Crippen molar-refractivity contribution in [2.45, 2.75) is 32.1 Å². The summed E-state index contributed by atoms with van der Waals surface area (Å²) in [7, 11) is 0. The third-order valence-electron chi connectivity index (χ3n) is 5.95. The Morgan fingerprint density at radius 3 is 2.14 bits per heavy atom. The maximum absolute atomic E-state index is 12.1. The molecule has 0 spiro atoms. The number of hydrogen-bond donors (Lipinski definition) is 2.